The van der Waals surface area contributed by atoms with Gasteiger partial charge in [-0.25, -0.2) is 0 Å². The van der Waals surface area contributed by atoms with Crippen LogP contribution in [0.2, 0.25) is 0 Å². The van der Waals surface area contributed by atoms with Gasteiger partial charge in [0.15, 0.2) is 0 Å². The molecule has 1 saturated carbocycles. The van der Waals surface area contributed by atoms with Gasteiger partial charge in [-0.1, -0.05) is 6.92 Å². The normalized spacial score (nSPS) is 27.9. The minimum Gasteiger partial charge on any atom is -0.314 e. The van der Waals surface area contributed by atoms with Gasteiger partial charge in [-0.3, -0.25) is 4.55 Å². The van der Waals surface area contributed by atoms with E-state index in [1.54, 1.807) is 0 Å². The second-order valence-corrected chi connectivity index (χ2v) is 6.12. The third kappa shape index (κ3) is 6.12. The van der Waals surface area contributed by atoms with Crippen molar-refractivity contribution in [2.45, 2.75) is 45.1 Å². The molecule has 0 spiro atoms. The molecule has 0 radical (unpaired) electrons. The van der Waals surface area contributed by atoms with Crippen molar-refractivity contribution in [3.63, 3.8) is 0 Å². The predicted molar refractivity (Wildman–Crippen MR) is 60.5 cm³/mol. The maximum atomic E-state index is 10.5. The standard InChI is InChI=1S/C10H21NO3S/c1-9-3-5-10(6-4-9)11-7-2-8-15(12,13)14/h9-11H,2-8H2,1H3,(H,12,13,14). The molecule has 0 aliphatic heterocycles. The highest BCUT2D eigenvalue weighted by molar-refractivity contribution is 7.85. The predicted octanol–water partition coefficient (Wildman–Crippen LogP) is 1.43. The van der Waals surface area contributed by atoms with Crippen LogP contribution in [0.4, 0.5) is 0 Å². The third-order valence-corrected chi connectivity index (χ3v) is 3.83. The Kier molecular flexibility index (Phi) is 5.02. The van der Waals surface area contributed by atoms with Gasteiger partial charge in [-0.15, -0.1) is 0 Å². The molecule has 0 aromatic rings. The molecule has 4 nitrogen and oxygen atoms in total. The number of hydrogen-bond donors (Lipinski definition) is 2. The summed E-state index contributed by atoms with van der Waals surface area (Å²) in [4.78, 5) is 0. The van der Waals surface area contributed by atoms with Crippen LogP contribution in [-0.4, -0.2) is 31.3 Å². The Labute approximate surface area is 92.2 Å². The van der Waals surface area contributed by atoms with E-state index in [9.17, 15) is 8.42 Å². The second-order valence-electron chi connectivity index (χ2n) is 4.55. The van der Waals surface area contributed by atoms with Crippen molar-refractivity contribution in [3.8, 4) is 0 Å². The first-order chi connectivity index (χ1) is 6.97. The summed E-state index contributed by atoms with van der Waals surface area (Å²) in [6, 6.07) is 0.544. The largest absolute Gasteiger partial charge is 0.314 e. The molecule has 90 valence electrons. The lowest BCUT2D eigenvalue weighted by atomic mass is 9.87. The molecule has 1 rings (SSSR count). The van der Waals surface area contributed by atoms with E-state index in [-0.39, 0.29) is 5.75 Å². The van der Waals surface area contributed by atoms with Crippen LogP contribution in [0.5, 0.6) is 0 Å². The highest BCUT2D eigenvalue weighted by Gasteiger charge is 2.17. The Hall–Kier alpha value is -0.130. The highest BCUT2D eigenvalue weighted by Crippen LogP contribution is 2.23. The van der Waals surface area contributed by atoms with E-state index in [2.05, 4.69) is 12.2 Å². The van der Waals surface area contributed by atoms with Gasteiger partial charge in [0.25, 0.3) is 10.1 Å². The zero-order valence-electron chi connectivity index (χ0n) is 9.28. The Morgan fingerprint density at radius 1 is 1.27 bits per heavy atom. The summed E-state index contributed by atoms with van der Waals surface area (Å²) in [6.45, 7) is 2.95. The summed E-state index contributed by atoms with van der Waals surface area (Å²) < 4.78 is 29.4. The molecule has 0 aromatic carbocycles. The zero-order valence-corrected chi connectivity index (χ0v) is 10.1. The molecule has 1 aliphatic rings. The topological polar surface area (TPSA) is 66.4 Å². The van der Waals surface area contributed by atoms with Gasteiger partial charge in [-0.05, 0) is 44.6 Å². The molecule has 0 bridgehead atoms. The smallest absolute Gasteiger partial charge is 0.264 e. The van der Waals surface area contributed by atoms with Gasteiger partial charge in [0.1, 0.15) is 0 Å². The van der Waals surface area contributed by atoms with E-state index in [1.807, 2.05) is 0 Å². The molecule has 1 fully saturated rings. The van der Waals surface area contributed by atoms with Crippen molar-refractivity contribution < 1.29 is 13.0 Å². The van der Waals surface area contributed by atoms with Crippen molar-refractivity contribution >= 4 is 10.1 Å². The van der Waals surface area contributed by atoms with Crippen molar-refractivity contribution in [1.29, 1.82) is 0 Å². The fourth-order valence-corrected chi connectivity index (χ4v) is 2.53. The van der Waals surface area contributed by atoms with Gasteiger partial charge in [0.05, 0.1) is 5.75 Å². The summed E-state index contributed by atoms with van der Waals surface area (Å²) in [6.07, 6.45) is 5.39. The fraction of sp³-hybridized carbons (Fsp3) is 1.00. The Morgan fingerprint density at radius 3 is 2.40 bits per heavy atom. The van der Waals surface area contributed by atoms with Crippen molar-refractivity contribution in [2.24, 2.45) is 5.92 Å². The Morgan fingerprint density at radius 2 is 1.87 bits per heavy atom. The lowest BCUT2D eigenvalue weighted by molar-refractivity contribution is 0.308. The lowest BCUT2D eigenvalue weighted by Gasteiger charge is -2.26. The quantitative estimate of drug-likeness (QED) is 0.559. The maximum absolute atomic E-state index is 10.5. The first-order valence-electron chi connectivity index (χ1n) is 5.66. The lowest BCUT2D eigenvalue weighted by Crippen LogP contribution is -2.34. The summed E-state index contributed by atoms with van der Waals surface area (Å²) >= 11 is 0. The van der Waals surface area contributed by atoms with Gasteiger partial charge >= 0.3 is 0 Å². The summed E-state index contributed by atoms with van der Waals surface area (Å²) in [5, 5.41) is 3.34. The van der Waals surface area contributed by atoms with Crippen molar-refractivity contribution in [3.05, 3.63) is 0 Å². The summed E-state index contributed by atoms with van der Waals surface area (Å²) in [5.41, 5.74) is 0. The molecule has 0 unspecified atom stereocenters. The van der Waals surface area contributed by atoms with E-state index in [4.69, 9.17) is 4.55 Å². The zero-order chi connectivity index (χ0) is 11.3. The minimum atomic E-state index is -3.78. The monoisotopic (exact) mass is 235 g/mol. The van der Waals surface area contributed by atoms with Crippen LogP contribution in [-0.2, 0) is 10.1 Å². The van der Waals surface area contributed by atoms with Gasteiger partial charge in [0, 0.05) is 6.04 Å². The molecule has 0 aromatic heterocycles. The van der Waals surface area contributed by atoms with Crippen LogP contribution < -0.4 is 5.32 Å². The van der Waals surface area contributed by atoms with Crippen molar-refractivity contribution in [1.82, 2.24) is 5.32 Å². The SMILES string of the molecule is CC1CCC(NCCCS(=O)(=O)O)CC1. The third-order valence-electron chi connectivity index (χ3n) is 3.03. The molecule has 0 heterocycles. The van der Waals surface area contributed by atoms with Gasteiger partial charge in [0.2, 0.25) is 0 Å². The molecule has 1 aliphatic carbocycles. The second kappa shape index (κ2) is 5.82. The Bertz CT molecular complexity index is 268. The highest BCUT2D eigenvalue weighted by atomic mass is 32.2. The summed E-state index contributed by atoms with van der Waals surface area (Å²) in [5.74, 6) is 0.698. The average Bonchev–Trinajstić information content (AvgIpc) is 2.14. The minimum absolute atomic E-state index is 0.136. The molecular formula is C10H21NO3S. The van der Waals surface area contributed by atoms with E-state index in [0.29, 0.717) is 19.0 Å². The molecule has 0 atom stereocenters. The van der Waals surface area contributed by atoms with Crippen LogP contribution in [0.25, 0.3) is 0 Å². The number of rotatable bonds is 5. The van der Waals surface area contributed by atoms with Crippen LogP contribution in [0.15, 0.2) is 0 Å². The van der Waals surface area contributed by atoms with Gasteiger partial charge in [-0.2, -0.15) is 8.42 Å². The summed E-state index contributed by atoms with van der Waals surface area (Å²) in [7, 11) is -3.78. The Balaban J connectivity index is 2.06. The fourth-order valence-electron chi connectivity index (χ4n) is 2.02. The first kappa shape index (κ1) is 12.9. The molecule has 0 amide bonds. The molecule has 15 heavy (non-hydrogen) atoms. The molecular weight excluding hydrogens is 214 g/mol. The van der Waals surface area contributed by atoms with E-state index >= 15 is 0 Å². The van der Waals surface area contributed by atoms with Crippen LogP contribution in [0.1, 0.15) is 39.0 Å². The van der Waals surface area contributed by atoms with Crippen LogP contribution >= 0.6 is 0 Å². The van der Waals surface area contributed by atoms with Crippen LogP contribution in [0.3, 0.4) is 0 Å². The number of nitrogens with one attached hydrogen (secondary N) is 1. The molecule has 2 N–H and O–H groups in total. The average molecular weight is 235 g/mol. The maximum Gasteiger partial charge on any atom is 0.264 e. The molecule has 0 saturated heterocycles. The van der Waals surface area contributed by atoms with E-state index in [0.717, 1.165) is 5.92 Å². The van der Waals surface area contributed by atoms with E-state index in [1.165, 1.54) is 25.7 Å². The molecule has 5 heteroatoms. The van der Waals surface area contributed by atoms with Crippen LogP contribution in [0, 0.1) is 5.92 Å². The van der Waals surface area contributed by atoms with Gasteiger partial charge < -0.3 is 5.32 Å². The first-order valence-corrected chi connectivity index (χ1v) is 7.27. The van der Waals surface area contributed by atoms with Crippen molar-refractivity contribution in [2.75, 3.05) is 12.3 Å². The number of hydrogen-bond acceptors (Lipinski definition) is 3. The van der Waals surface area contributed by atoms with E-state index < -0.39 is 10.1 Å².